The molecule has 4 atom stereocenters. The van der Waals surface area contributed by atoms with Crippen LogP contribution in [0, 0.1) is 39.0 Å². The van der Waals surface area contributed by atoms with Crippen LogP contribution in [-0.2, 0) is 9.53 Å². The standard InChI is InChI=1S/C51H66BrN7O5/c1-33-16-19-37(20-17-33)49(61)59(32-51(5,6)48-40-14-12-13-39(40)41-25-34(2)18-21-43(41)55-48)22-11-9-7-8-10-15-47(60)58-23-24-63-38(30-58)31-64-45-26-35(3)42(52)27-44(45)56-50(62)57-46-29-53-36(4)28-54-46/h16-21,25-29,38-40,48,55H,7-15,22-24,30-32H2,1-6H3,(H2,54,56,57,62)/t38-,39?,40?,48?/m0/s1. The number of hydrogen-bond donors (Lipinski definition) is 3. The van der Waals surface area contributed by atoms with Crippen molar-refractivity contribution in [1.29, 1.82) is 0 Å². The summed E-state index contributed by atoms with van der Waals surface area (Å²) >= 11 is 3.55. The van der Waals surface area contributed by atoms with Crippen LogP contribution in [0.5, 0.6) is 5.75 Å². The van der Waals surface area contributed by atoms with Crippen LogP contribution >= 0.6 is 15.9 Å². The fourth-order valence-corrected chi connectivity index (χ4v) is 10.1. The molecular formula is C51H66BrN7O5. The number of unbranched alkanes of at least 4 members (excludes halogenated alkanes) is 4. The second-order valence-electron chi connectivity index (χ2n) is 18.9. The summed E-state index contributed by atoms with van der Waals surface area (Å²) in [5.74, 6) is 2.18. The molecule has 64 heavy (non-hydrogen) atoms. The predicted molar refractivity (Wildman–Crippen MR) is 257 cm³/mol. The lowest BCUT2D eigenvalue weighted by Crippen LogP contribution is -2.52. The van der Waals surface area contributed by atoms with Crippen LogP contribution in [0.3, 0.4) is 0 Å². The highest BCUT2D eigenvalue weighted by atomic mass is 79.9. The minimum absolute atomic E-state index is 0.101. The van der Waals surface area contributed by atoms with Crippen molar-refractivity contribution >= 4 is 51.0 Å². The highest BCUT2D eigenvalue weighted by Gasteiger charge is 2.46. The zero-order valence-corrected chi connectivity index (χ0v) is 40.1. The Kier molecular flexibility index (Phi) is 15.6. The number of morpholine rings is 1. The molecule has 4 amide bonds. The first-order valence-corrected chi connectivity index (χ1v) is 24.0. The van der Waals surface area contributed by atoms with E-state index in [9.17, 15) is 14.4 Å². The summed E-state index contributed by atoms with van der Waals surface area (Å²) in [6.45, 7) is 15.7. The van der Waals surface area contributed by atoms with Gasteiger partial charge in [-0.2, -0.15) is 0 Å². The third-order valence-electron chi connectivity index (χ3n) is 13.2. The average Bonchev–Trinajstić information content (AvgIpc) is 3.77. The molecule has 7 rings (SSSR count). The number of nitrogens with one attached hydrogen (secondary N) is 3. The van der Waals surface area contributed by atoms with Crippen molar-refractivity contribution in [3.63, 3.8) is 0 Å². The van der Waals surface area contributed by atoms with E-state index in [-0.39, 0.29) is 36.0 Å². The number of amides is 4. The lowest BCUT2D eigenvalue weighted by atomic mass is 9.69. The topological polar surface area (TPSA) is 138 Å². The van der Waals surface area contributed by atoms with E-state index in [1.807, 2.05) is 49.1 Å². The number of nitrogens with zero attached hydrogens (tertiary/aromatic N) is 4. The molecule has 3 heterocycles. The molecule has 1 aliphatic carbocycles. The lowest BCUT2D eigenvalue weighted by Gasteiger charge is -2.47. The van der Waals surface area contributed by atoms with Crippen LogP contribution in [0.2, 0.25) is 0 Å². The molecule has 3 aromatic carbocycles. The summed E-state index contributed by atoms with van der Waals surface area (Å²) in [5.41, 5.74) is 7.97. The van der Waals surface area contributed by atoms with Gasteiger partial charge in [-0.1, -0.05) is 90.9 Å². The first kappa shape index (κ1) is 47.0. The van der Waals surface area contributed by atoms with Gasteiger partial charge in [0.15, 0.2) is 5.82 Å². The number of ether oxygens (including phenoxy) is 2. The maximum Gasteiger partial charge on any atom is 0.325 e. The molecule has 0 radical (unpaired) electrons. The van der Waals surface area contributed by atoms with E-state index in [1.54, 1.807) is 12.3 Å². The number of halogens is 1. The van der Waals surface area contributed by atoms with Gasteiger partial charge >= 0.3 is 6.03 Å². The minimum atomic E-state index is -0.477. The van der Waals surface area contributed by atoms with Crippen molar-refractivity contribution in [2.45, 2.75) is 117 Å². The van der Waals surface area contributed by atoms with Crippen LogP contribution in [-0.4, -0.2) is 89.2 Å². The summed E-state index contributed by atoms with van der Waals surface area (Å²) < 4.78 is 13.0. The van der Waals surface area contributed by atoms with E-state index in [4.69, 9.17) is 9.47 Å². The Hall–Kier alpha value is -5.01. The first-order valence-electron chi connectivity index (χ1n) is 23.2. The van der Waals surface area contributed by atoms with E-state index in [0.717, 1.165) is 59.0 Å². The van der Waals surface area contributed by atoms with Gasteiger partial charge in [0, 0.05) is 53.2 Å². The molecule has 12 nitrogen and oxygen atoms in total. The maximum atomic E-state index is 14.2. The second kappa shape index (κ2) is 21.3. The van der Waals surface area contributed by atoms with Crippen LogP contribution in [0.25, 0.3) is 0 Å². The molecule has 3 aliphatic rings. The summed E-state index contributed by atoms with van der Waals surface area (Å²) in [4.78, 5) is 52.7. The molecule has 13 heteroatoms. The molecule has 342 valence electrons. The number of fused-ring (bicyclic) bond motifs is 3. The van der Waals surface area contributed by atoms with E-state index >= 15 is 0 Å². The van der Waals surface area contributed by atoms with E-state index in [2.05, 4.69) is 92.6 Å². The van der Waals surface area contributed by atoms with Gasteiger partial charge in [0.2, 0.25) is 5.91 Å². The number of urea groups is 1. The maximum absolute atomic E-state index is 14.2. The molecular weight excluding hydrogens is 871 g/mol. The fraction of sp³-hybridized carbons (Fsp3) is 0.510. The van der Waals surface area contributed by atoms with Gasteiger partial charge < -0.3 is 29.9 Å². The van der Waals surface area contributed by atoms with Gasteiger partial charge in [-0.15, -0.1) is 0 Å². The van der Waals surface area contributed by atoms with Crippen molar-refractivity contribution in [3.8, 4) is 5.75 Å². The zero-order valence-electron chi connectivity index (χ0n) is 38.5. The van der Waals surface area contributed by atoms with Crippen molar-refractivity contribution in [2.75, 3.05) is 55.3 Å². The number of aromatic nitrogens is 2. The van der Waals surface area contributed by atoms with Gasteiger partial charge in [0.1, 0.15) is 18.5 Å². The number of aryl methyl sites for hydroxylation is 4. The van der Waals surface area contributed by atoms with E-state index in [1.165, 1.54) is 42.3 Å². The molecule has 1 aromatic heterocycles. The molecule has 4 aromatic rings. The SMILES string of the molecule is Cc1ccc(C(=O)N(CCCCCCCC(=O)N2CCO[C@H](COc3cc(C)c(Br)cc3NC(=O)Nc3cnc(C)cn3)C2)CC(C)(C)C2Nc3ccc(C)cc3C3CCCC32)cc1. The predicted octanol–water partition coefficient (Wildman–Crippen LogP) is 10.6. The summed E-state index contributed by atoms with van der Waals surface area (Å²) in [7, 11) is 0. The Labute approximate surface area is 387 Å². The molecule has 2 aliphatic heterocycles. The highest BCUT2D eigenvalue weighted by Crippen LogP contribution is 2.52. The number of benzene rings is 3. The molecule has 1 saturated heterocycles. The zero-order chi connectivity index (χ0) is 45.4. The first-order chi connectivity index (χ1) is 30.7. The Bertz CT molecular complexity index is 2250. The number of anilines is 3. The highest BCUT2D eigenvalue weighted by molar-refractivity contribution is 9.10. The molecule has 3 N–H and O–H groups in total. The van der Waals surface area contributed by atoms with Crippen molar-refractivity contribution in [3.05, 3.63) is 105 Å². The van der Waals surface area contributed by atoms with Gasteiger partial charge in [0.25, 0.3) is 5.91 Å². The third kappa shape index (κ3) is 12.0. The monoisotopic (exact) mass is 935 g/mol. The lowest BCUT2D eigenvalue weighted by molar-refractivity contribution is -0.140. The minimum Gasteiger partial charge on any atom is -0.489 e. The number of hydrogen-bond acceptors (Lipinski definition) is 8. The number of rotatable bonds is 17. The molecule has 1 saturated carbocycles. The number of carbonyl (C=O) groups is 3. The van der Waals surface area contributed by atoms with Crippen LogP contribution in [0.4, 0.5) is 22.0 Å². The summed E-state index contributed by atoms with van der Waals surface area (Å²) in [6, 6.07) is 18.3. The van der Waals surface area contributed by atoms with E-state index < -0.39 is 6.03 Å². The largest absolute Gasteiger partial charge is 0.489 e. The van der Waals surface area contributed by atoms with Gasteiger partial charge in [0.05, 0.1) is 36.9 Å². The van der Waals surface area contributed by atoms with Gasteiger partial charge in [-0.05, 0) is 107 Å². The van der Waals surface area contributed by atoms with Crippen LogP contribution in [0.15, 0.2) is 71.5 Å². The normalized spacial score (nSPS) is 19.3. The van der Waals surface area contributed by atoms with Gasteiger partial charge in [-0.3, -0.25) is 19.9 Å². The van der Waals surface area contributed by atoms with Crippen molar-refractivity contribution < 1.29 is 23.9 Å². The third-order valence-corrected chi connectivity index (χ3v) is 14.1. The quantitative estimate of drug-likeness (QED) is 0.0890. The van der Waals surface area contributed by atoms with Crippen molar-refractivity contribution in [1.82, 2.24) is 19.8 Å². The molecule has 3 unspecified atom stereocenters. The Balaban J connectivity index is 0.868. The number of carbonyl (C=O) groups excluding carboxylic acids is 3. The molecule has 0 spiro atoms. The summed E-state index contributed by atoms with van der Waals surface area (Å²) in [5, 5.41) is 9.53. The Morgan fingerprint density at radius 1 is 0.922 bits per heavy atom. The van der Waals surface area contributed by atoms with Crippen molar-refractivity contribution in [2.24, 2.45) is 11.3 Å². The van der Waals surface area contributed by atoms with Gasteiger partial charge in [-0.25, -0.2) is 9.78 Å². The van der Waals surface area contributed by atoms with Crippen LogP contribution in [0.1, 0.15) is 116 Å². The average molecular weight is 937 g/mol. The fourth-order valence-electron chi connectivity index (χ4n) is 9.76. The summed E-state index contributed by atoms with van der Waals surface area (Å²) in [6.07, 6.45) is 11.6. The Morgan fingerprint density at radius 2 is 1.69 bits per heavy atom. The van der Waals surface area contributed by atoms with E-state index in [0.29, 0.717) is 68.3 Å². The molecule has 2 fully saturated rings. The Morgan fingerprint density at radius 3 is 2.47 bits per heavy atom. The smallest absolute Gasteiger partial charge is 0.325 e. The second-order valence-corrected chi connectivity index (χ2v) is 19.7. The van der Waals surface area contributed by atoms with Crippen LogP contribution < -0.4 is 20.7 Å². The molecule has 0 bridgehead atoms.